The zero-order chi connectivity index (χ0) is 18.9. The number of nitrogens with one attached hydrogen (secondary N) is 1. The van der Waals surface area contributed by atoms with E-state index in [0.717, 1.165) is 30.4 Å². The summed E-state index contributed by atoms with van der Waals surface area (Å²) in [5.74, 6) is -0.649. The Morgan fingerprint density at radius 1 is 1.15 bits per heavy atom. The molecule has 1 aromatic carbocycles. The summed E-state index contributed by atoms with van der Waals surface area (Å²) in [4.78, 5) is 22.9. The number of hydrogen-bond donors (Lipinski definition) is 2. The van der Waals surface area contributed by atoms with E-state index in [4.69, 9.17) is 14.6 Å². The van der Waals surface area contributed by atoms with Gasteiger partial charge in [0.2, 0.25) is 0 Å². The van der Waals surface area contributed by atoms with Crippen LogP contribution in [0.15, 0.2) is 12.1 Å². The summed E-state index contributed by atoms with van der Waals surface area (Å²) in [5.41, 5.74) is 2.05. The molecule has 1 aromatic rings. The van der Waals surface area contributed by atoms with Gasteiger partial charge in [0.05, 0.1) is 6.10 Å². The van der Waals surface area contributed by atoms with Crippen LogP contribution in [-0.4, -0.2) is 42.8 Å². The number of aliphatic carboxylic acids is 1. The molecule has 1 aliphatic carbocycles. The highest BCUT2D eigenvalue weighted by Gasteiger charge is 2.14. The molecule has 0 spiro atoms. The number of ether oxygens (including phenoxy) is 2. The fourth-order valence-electron chi connectivity index (χ4n) is 3.30. The summed E-state index contributed by atoms with van der Waals surface area (Å²) in [6.07, 6.45) is 7.32. The molecule has 0 aromatic heterocycles. The van der Waals surface area contributed by atoms with Gasteiger partial charge in [-0.15, -0.1) is 0 Å². The number of amides is 1. The lowest BCUT2D eigenvalue weighted by Gasteiger charge is -2.21. The van der Waals surface area contributed by atoms with Crippen molar-refractivity contribution in [2.24, 2.45) is 0 Å². The van der Waals surface area contributed by atoms with E-state index >= 15 is 0 Å². The molecule has 1 aliphatic rings. The van der Waals surface area contributed by atoms with Crippen LogP contribution in [0.2, 0.25) is 0 Å². The summed E-state index contributed by atoms with van der Waals surface area (Å²) >= 11 is 0. The first kappa shape index (κ1) is 20.2. The van der Waals surface area contributed by atoms with Crippen LogP contribution in [0.5, 0.6) is 5.75 Å². The van der Waals surface area contributed by atoms with Crippen LogP contribution in [0.1, 0.15) is 60.0 Å². The molecule has 0 aliphatic heterocycles. The quantitative estimate of drug-likeness (QED) is 0.658. The van der Waals surface area contributed by atoms with E-state index in [1.807, 2.05) is 0 Å². The molecule has 2 N–H and O–H groups in total. The third-order valence-electron chi connectivity index (χ3n) is 4.57. The van der Waals surface area contributed by atoms with E-state index in [1.54, 1.807) is 26.0 Å². The summed E-state index contributed by atoms with van der Waals surface area (Å²) in [5, 5.41) is 11.6. The highest BCUT2D eigenvalue weighted by atomic mass is 16.5. The van der Waals surface area contributed by atoms with Gasteiger partial charge < -0.3 is 19.9 Å². The van der Waals surface area contributed by atoms with Crippen LogP contribution in [-0.2, 0) is 9.53 Å². The van der Waals surface area contributed by atoms with Gasteiger partial charge in [-0.3, -0.25) is 4.79 Å². The summed E-state index contributed by atoms with van der Waals surface area (Å²) < 4.78 is 11.1. The highest BCUT2D eigenvalue weighted by Crippen LogP contribution is 2.25. The Morgan fingerprint density at radius 2 is 1.81 bits per heavy atom. The summed E-state index contributed by atoms with van der Waals surface area (Å²) in [7, 11) is 0. The molecular formula is C20H29NO5. The van der Waals surface area contributed by atoms with Crippen molar-refractivity contribution in [2.45, 2.75) is 58.5 Å². The first-order valence-corrected chi connectivity index (χ1v) is 9.33. The number of aryl methyl sites for hydroxylation is 2. The molecular weight excluding hydrogens is 334 g/mol. The van der Waals surface area contributed by atoms with Gasteiger partial charge in [-0.25, -0.2) is 4.79 Å². The maximum atomic E-state index is 12.3. The number of benzene rings is 1. The zero-order valence-corrected chi connectivity index (χ0v) is 15.7. The predicted molar refractivity (Wildman–Crippen MR) is 98.8 cm³/mol. The second-order valence-electron chi connectivity index (χ2n) is 6.86. The zero-order valence-electron chi connectivity index (χ0n) is 15.7. The van der Waals surface area contributed by atoms with E-state index in [2.05, 4.69) is 5.32 Å². The molecule has 26 heavy (non-hydrogen) atoms. The largest absolute Gasteiger partial charge is 0.481 e. The third-order valence-corrected chi connectivity index (χ3v) is 4.57. The van der Waals surface area contributed by atoms with Crippen LogP contribution in [0.25, 0.3) is 0 Å². The molecule has 0 radical (unpaired) electrons. The maximum absolute atomic E-state index is 12.3. The van der Waals surface area contributed by atoms with Gasteiger partial charge in [0.25, 0.3) is 5.91 Å². The molecule has 0 bridgehead atoms. The molecule has 1 saturated carbocycles. The van der Waals surface area contributed by atoms with Crippen molar-refractivity contribution in [1.29, 1.82) is 0 Å². The van der Waals surface area contributed by atoms with Crippen molar-refractivity contribution < 1.29 is 24.2 Å². The van der Waals surface area contributed by atoms with Crippen molar-refractivity contribution in [3.63, 3.8) is 0 Å². The second-order valence-corrected chi connectivity index (χ2v) is 6.86. The smallest absolute Gasteiger partial charge is 0.341 e. The Kier molecular flexibility index (Phi) is 7.91. The number of carboxylic acids is 1. The predicted octanol–water partition coefficient (Wildman–Crippen LogP) is 3.24. The lowest BCUT2D eigenvalue weighted by Crippen LogP contribution is -2.26. The fourth-order valence-corrected chi connectivity index (χ4v) is 3.30. The van der Waals surface area contributed by atoms with Gasteiger partial charge in [-0.05, 0) is 56.4 Å². The van der Waals surface area contributed by atoms with E-state index < -0.39 is 12.6 Å². The van der Waals surface area contributed by atoms with E-state index in [-0.39, 0.29) is 5.91 Å². The topological polar surface area (TPSA) is 84.9 Å². The molecule has 0 heterocycles. The van der Waals surface area contributed by atoms with Crippen molar-refractivity contribution >= 4 is 11.9 Å². The van der Waals surface area contributed by atoms with Crippen molar-refractivity contribution in [1.82, 2.24) is 5.32 Å². The first-order valence-electron chi connectivity index (χ1n) is 9.33. The van der Waals surface area contributed by atoms with Crippen molar-refractivity contribution in [3.8, 4) is 5.75 Å². The van der Waals surface area contributed by atoms with Crippen molar-refractivity contribution in [2.75, 3.05) is 19.8 Å². The molecule has 6 nitrogen and oxygen atoms in total. The van der Waals surface area contributed by atoms with Crippen LogP contribution >= 0.6 is 0 Å². The van der Waals surface area contributed by atoms with Crippen LogP contribution in [0.3, 0.4) is 0 Å². The Balaban J connectivity index is 1.76. The van der Waals surface area contributed by atoms with Gasteiger partial charge in [0.1, 0.15) is 5.75 Å². The Bertz CT molecular complexity index is 600. The molecule has 2 rings (SSSR count). The molecule has 6 heteroatoms. The Morgan fingerprint density at radius 3 is 2.42 bits per heavy atom. The van der Waals surface area contributed by atoms with Gasteiger partial charge in [0.15, 0.2) is 6.61 Å². The number of carbonyl (C=O) groups is 2. The normalized spacial score (nSPS) is 14.8. The molecule has 144 valence electrons. The number of hydrogen-bond acceptors (Lipinski definition) is 4. The average Bonchev–Trinajstić information content (AvgIpc) is 2.61. The fraction of sp³-hybridized carbons (Fsp3) is 0.600. The Labute approximate surface area is 154 Å². The highest BCUT2D eigenvalue weighted by molar-refractivity contribution is 5.94. The molecule has 1 amide bonds. The Hall–Kier alpha value is -2.08. The third kappa shape index (κ3) is 6.33. The van der Waals surface area contributed by atoms with Crippen LogP contribution < -0.4 is 10.1 Å². The van der Waals surface area contributed by atoms with Gasteiger partial charge in [-0.1, -0.05) is 19.3 Å². The standard InChI is InChI=1S/C20H29NO5/c1-14-11-16(12-15(2)19(14)26-13-18(22)23)20(24)21-9-6-10-25-17-7-4-3-5-8-17/h11-12,17H,3-10,13H2,1-2H3,(H,21,24)(H,22,23). The van der Waals surface area contributed by atoms with E-state index in [0.29, 0.717) is 30.6 Å². The number of carbonyl (C=O) groups excluding carboxylic acids is 1. The minimum absolute atomic E-state index is 0.140. The van der Waals surface area contributed by atoms with E-state index in [1.165, 1.54) is 19.3 Å². The number of carboxylic acid groups (broad SMARTS) is 1. The van der Waals surface area contributed by atoms with Gasteiger partial charge in [0, 0.05) is 18.7 Å². The monoisotopic (exact) mass is 363 g/mol. The maximum Gasteiger partial charge on any atom is 0.341 e. The number of rotatable bonds is 9. The van der Waals surface area contributed by atoms with Crippen LogP contribution in [0, 0.1) is 13.8 Å². The lowest BCUT2D eigenvalue weighted by atomic mass is 9.98. The first-order chi connectivity index (χ1) is 12.5. The average molecular weight is 363 g/mol. The van der Waals surface area contributed by atoms with E-state index in [9.17, 15) is 9.59 Å². The minimum Gasteiger partial charge on any atom is -0.481 e. The van der Waals surface area contributed by atoms with Crippen molar-refractivity contribution in [3.05, 3.63) is 28.8 Å². The van der Waals surface area contributed by atoms with Crippen LogP contribution in [0.4, 0.5) is 0 Å². The summed E-state index contributed by atoms with van der Waals surface area (Å²) in [6.45, 7) is 4.46. The minimum atomic E-state index is -1.03. The molecule has 0 atom stereocenters. The summed E-state index contributed by atoms with van der Waals surface area (Å²) in [6, 6.07) is 3.44. The molecule has 0 unspecified atom stereocenters. The second kappa shape index (κ2) is 10.2. The molecule has 1 fully saturated rings. The van der Waals surface area contributed by atoms with Gasteiger partial charge in [-0.2, -0.15) is 0 Å². The van der Waals surface area contributed by atoms with Gasteiger partial charge >= 0.3 is 5.97 Å². The molecule has 0 saturated heterocycles. The SMILES string of the molecule is Cc1cc(C(=O)NCCCOC2CCCCC2)cc(C)c1OCC(=O)O. The lowest BCUT2D eigenvalue weighted by molar-refractivity contribution is -0.139.